The average Bonchev–Trinajstić information content (AvgIpc) is 2.63. The minimum atomic E-state index is 0.211. The van der Waals surface area contributed by atoms with Crippen LogP contribution in [-0.2, 0) is 5.75 Å². The fourth-order valence-corrected chi connectivity index (χ4v) is 3.63. The SMILES string of the molecule is CN(C)c1nc(N)nc(CSC(c2ccccc2)c2ccccc2)n1. The molecule has 6 heteroatoms. The first-order valence-corrected chi connectivity index (χ1v) is 9.07. The number of nitrogen functional groups attached to an aromatic ring is 1. The normalized spacial score (nSPS) is 10.8. The van der Waals surface area contributed by atoms with E-state index in [2.05, 4.69) is 63.5 Å². The van der Waals surface area contributed by atoms with Gasteiger partial charge in [-0.15, -0.1) is 11.8 Å². The summed E-state index contributed by atoms with van der Waals surface area (Å²) in [4.78, 5) is 14.8. The molecule has 0 aliphatic rings. The molecule has 0 aliphatic heterocycles. The molecule has 0 radical (unpaired) electrons. The average molecular weight is 351 g/mol. The monoisotopic (exact) mass is 351 g/mol. The first-order valence-electron chi connectivity index (χ1n) is 8.02. The Balaban J connectivity index is 1.85. The number of benzene rings is 2. The maximum atomic E-state index is 5.83. The lowest BCUT2D eigenvalue weighted by Crippen LogP contribution is -2.16. The van der Waals surface area contributed by atoms with E-state index in [-0.39, 0.29) is 11.2 Å². The molecule has 5 nitrogen and oxygen atoms in total. The van der Waals surface area contributed by atoms with E-state index < -0.39 is 0 Å². The quantitative estimate of drug-likeness (QED) is 0.732. The number of nitrogens with two attached hydrogens (primary N) is 1. The van der Waals surface area contributed by atoms with Gasteiger partial charge < -0.3 is 10.6 Å². The van der Waals surface area contributed by atoms with Crippen LogP contribution in [0.3, 0.4) is 0 Å². The Morgan fingerprint density at radius 1 is 0.880 bits per heavy atom. The van der Waals surface area contributed by atoms with Crippen molar-refractivity contribution in [3.63, 3.8) is 0 Å². The van der Waals surface area contributed by atoms with Crippen molar-refractivity contribution in [1.29, 1.82) is 0 Å². The summed E-state index contributed by atoms with van der Waals surface area (Å²) >= 11 is 1.78. The zero-order valence-corrected chi connectivity index (χ0v) is 15.1. The van der Waals surface area contributed by atoms with Crippen LogP contribution in [-0.4, -0.2) is 29.0 Å². The molecule has 128 valence electrons. The molecule has 0 bridgehead atoms. The van der Waals surface area contributed by atoms with Crippen LogP contribution in [0.25, 0.3) is 0 Å². The van der Waals surface area contributed by atoms with Crippen molar-refractivity contribution in [3.8, 4) is 0 Å². The lowest BCUT2D eigenvalue weighted by Gasteiger charge is -2.18. The van der Waals surface area contributed by atoms with Crippen molar-refractivity contribution in [2.75, 3.05) is 24.7 Å². The van der Waals surface area contributed by atoms with Gasteiger partial charge in [0.1, 0.15) is 5.82 Å². The van der Waals surface area contributed by atoms with E-state index in [0.717, 1.165) is 0 Å². The maximum absolute atomic E-state index is 5.83. The molecule has 3 aromatic rings. The fraction of sp³-hybridized carbons (Fsp3) is 0.211. The van der Waals surface area contributed by atoms with Crippen LogP contribution in [0, 0.1) is 0 Å². The maximum Gasteiger partial charge on any atom is 0.229 e. The molecular formula is C19H21N5S. The molecule has 2 aromatic carbocycles. The van der Waals surface area contributed by atoms with Crippen LogP contribution in [0.2, 0.25) is 0 Å². The summed E-state index contributed by atoms with van der Waals surface area (Å²) in [6.45, 7) is 0. The summed E-state index contributed by atoms with van der Waals surface area (Å²) in [6.07, 6.45) is 0. The van der Waals surface area contributed by atoms with Crippen LogP contribution in [0.1, 0.15) is 22.2 Å². The van der Waals surface area contributed by atoms with E-state index in [1.807, 2.05) is 31.1 Å². The van der Waals surface area contributed by atoms with Gasteiger partial charge in [0.2, 0.25) is 11.9 Å². The Morgan fingerprint density at radius 2 is 1.44 bits per heavy atom. The van der Waals surface area contributed by atoms with Gasteiger partial charge in [0.25, 0.3) is 0 Å². The first kappa shape index (κ1) is 17.2. The number of rotatable bonds is 6. The van der Waals surface area contributed by atoms with Crippen molar-refractivity contribution < 1.29 is 0 Å². The van der Waals surface area contributed by atoms with Gasteiger partial charge in [-0.25, -0.2) is 0 Å². The van der Waals surface area contributed by atoms with Gasteiger partial charge in [0.15, 0.2) is 0 Å². The molecule has 0 aliphatic carbocycles. The molecule has 0 spiro atoms. The van der Waals surface area contributed by atoms with Crippen molar-refractivity contribution in [3.05, 3.63) is 77.6 Å². The Morgan fingerprint density at radius 3 is 1.96 bits per heavy atom. The molecule has 1 aromatic heterocycles. The smallest absolute Gasteiger partial charge is 0.229 e. The van der Waals surface area contributed by atoms with Gasteiger partial charge in [0.05, 0.1) is 11.0 Å². The van der Waals surface area contributed by atoms with Gasteiger partial charge in [-0.2, -0.15) is 15.0 Å². The summed E-state index contributed by atoms with van der Waals surface area (Å²) in [6, 6.07) is 20.9. The number of anilines is 2. The molecule has 0 unspecified atom stereocenters. The molecular weight excluding hydrogens is 330 g/mol. The second kappa shape index (κ2) is 7.98. The van der Waals surface area contributed by atoms with E-state index >= 15 is 0 Å². The van der Waals surface area contributed by atoms with Crippen LogP contribution in [0.15, 0.2) is 60.7 Å². The molecule has 3 rings (SSSR count). The third-order valence-electron chi connectivity index (χ3n) is 3.67. The van der Waals surface area contributed by atoms with E-state index in [1.54, 1.807) is 11.8 Å². The summed E-state index contributed by atoms with van der Waals surface area (Å²) in [5.74, 6) is 2.18. The molecule has 0 fully saturated rings. The highest BCUT2D eigenvalue weighted by atomic mass is 32.2. The predicted molar refractivity (Wildman–Crippen MR) is 105 cm³/mol. The topological polar surface area (TPSA) is 67.9 Å². The van der Waals surface area contributed by atoms with Gasteiger partial charge in [-0.1, -0.05) is 60.7 Å². The lowest BCUT2D eigenvalue weighted by atomic mass is 10.0. The number of nitrogens with zero attached hydrogens (tertiary/aromatic N) is 4. The summed E-state index contributed by atoms with van der Waals surface area (Å²) in [5.41, 5.74) is 8.34. The Bertz CT molecular complexity index is 769. The number of hydrogen-bond donors (Lipinski definition) is 1. The van der Waals surface area contributed by atoms with Crippen molar-refractivity contribution >= 4 is 23.7 Å². The van der Waals surface area contributed by atoms with Crippen LogP contribution >= 0.6 is 11.8 Å². The van der Waals surface area contributed by atoms with E-state index in [1.165, 1.54) is 11.1 Å². The molecule has 0 atom stereocenters. The van der Waals surface area contributed by atoms with Crippen LogP contribution < -0.4 is 10.6 Å². The third-order valence-corrected chi connectivity index (χ3v) is 4.97. The van der Waals surface area contributed by atoms with E-state index in [9.17, 15) is 0 Å². The van der Waals surface area contributed by atoms with Crippen molar-refractivity contribution in [2.24, 2.45) is 0 Å². The van der Waals surface area contributed by atoms with Crippen LogP contribution in [0.5, 0.6) is 0 Å². The Kier molecular flexibility index (Phi) is 5.50. The van der Waals surface area contributed by atoms with Gasteiger partial charge in [-0.05, 0) is 11.1 Å². The van der Waals surface area contributed by atoms with Crippen molar-refractivity contribution in [2.45, 2.75) is 11.0 Å². The van der Waals surface area contributed by atoms with Crippen LogP contribution in [0.4, 0.5) is 11.9 Å². The minimum absolute atomic E-state index is 0.211. The standard InChI is InChI=1S/C19H21N5S/c1-24(2)19-22-16(21-18(20)23-19)13-25-17(14-9-5-3-6-10-14)15-11-7-4-8-12-15/h3-12,17H,13H2,1-2H3,(H2,20,21,22,23). The second-order valence-corrected chi connectivity index (χ2v) is 6.91. The third kappa shape index (κ3) is 4.48. The first-order chi connectivity index (χ1) is 12.1. The highest BCUT2D eigenvalue weighted by Crippen LogP contribution is 2.37. The number of hydrogen-bond acceptors (Lipinski definition) is 6. The zero-order valence-electron chi connectivity index (χ0n) is 14.3. The number of aromatic nitrogens is 3. The fourth-order valence-electron chi connectivity index (χ4n) is 2.49. The van der Waals surface area contributed by atoms with E-state index in [0.29, 0.717) is 17.5 Å². The second-order valence-electron chi connectivity index (χ2n) is 5.82. The molecule has 25 heavy (non-hydrogen) atoms. The molecule has 2 N–H and O–H groups in total. The predicted octanol–water partition coefficient (Wildman–Crippen LogP) is 3.54. The highest BCUT2D eigenvalue weighted by molar-refractivity contribution is 7.98. The lowest BCUT2D eigenvalue weighted by molar-refractivity contribution is 0.918. The summed E-state index contributed by atoms with van der Waals surface area (Å²) < 4.78 is 0. The number of thioether (sulfide) groups is 1. The van der Waals surface area contributed by atoms with Crippen molar-refractivity contribution in [1.82, 2.24) is 15.0 Å². The highest BCUT2D eigenvalue weighted by Gasteiger charge is 2.16. The summed E-state index contributed by atoms with van der Waals surface area (Å²) in [7, 11) is 3.78. The molecule has 1 heterocycles. The Labute approximate surface area is 152 Å². The molecule has 0 amide bonds. The van der Waals surface area contributed by atoms with Gasteiger partial charge >= 0.3 is 0 Å². The molecule has 0 saturated heterocycles. The van der Waals surface area contributed by atoms with E-state index in [4.69, 9.17) is 5.73 Å². The molecule has 0 saturated carbocycles. The Hall–Kier alpha value is -2.60. The minimum Gasteiger partial charge on any atom is -0.368 e. The zero-order chi connectivity index (χ0) is 17.6. The van der Waals surface area contributed by atoms with Gasteiger partial charge in [-0.3, -0.25) is 0 Å². The van der Waals surface area contributed by atoms with Gasteiger partial charge in [0, 0.05) is 14.1 Å². The summed E-state index contributed by atoms with van der Waals surface area (Å²) in [5, 5.41) is 0.211. The largest absolute Gasteiger partial charge is 0.368 e.